The molecule has 0 saturated carbocycles. The molecular formula is C15H13N3O3. The third-order valence-corrected chi connectivity index (χ3v) is 2.97. The van der Waals surface area contributed by atoms with E-state index in [0.29, 0.717) is 11.6 Å². The second-order valence-corrected chi connectivity index (χ2v) is 4.66. The van der Waals surface area contributed by atoms with Crippen LogP contribution >= 0.6 is 0 Å². The number of aryl methyl sites for hydroxylation is 1. The number of rotatable bonds is 4. The summed E-state index contributed by atoms with van der Waals surface area (Å²) in [5, 5.41) is 13.0. The standard InChI is InChI=1S/C15H13N3O3/c1-10-8-13-15(16-6-7-18(13)17-10)21-12-4-2-11(3-5-12)9-14(19)20/h2-8H,9H2,1H3,(H,19,20). The molecular weight excluding hydrogens is 270 g/mol. The summed E-state index contributed by atoms with van der Waals surface area (Å²) in [5.41, 5.74) is 2.38. The fourth-order valence-electron chi connectivity index (χ4n) is 2.06. The highest BCUT2D eigenvalue weighted by Gasteiger charge is 2.08. The molecule has 0 aliphatic heterocycles. The number of fused-ring (bicyclic) bond motifs is 1. The highest BCUT2D eigenvalue weighted by molar-refractivity contribution is 5.70. The van der Waals surface area contributed by atoms with Gasteiger partial charge in [0, 0.05) is 12.4 Å². The average molecular weight is 283 g/mol. The monoisotopic (exact) mass is 283 g/mol. The van der Waals surface area contributed by atoms with Crippen LogP contribution in [0.25, 0.3) is 5.52 Å². The third kappa shape index (κ3) is 2.84. The molecule has 2 heterocycles. The molecule has 3 aromatic rings. The topological polar surface area (TPSA) is 76.7 Å². The van der Waals surface area contributed by atoms with Crippen LogP contribution in [0.1, 0.15) is 11.3 Å². The molecule has 1 aromatic carbocycles. The van der Waals surface area contributed by atoms with Crippen molar-refractivity contribution in [3.05, 3.63) is 54.0 Å². The molecule has 0 aliphatic carbocycles. The summed E-state index contributed by atoms with van der Waals surface area (Å²) in [6.07, 6.45) is 3.37. The van der Waals surface area contributed by atoms with Gasteiger partial charge in [0.2, 0.25) is 5.88 Å². The summed E-state index contributed by atoms with van der Waals surface area (Å²) in [6, 6.07) is 8.80. The van der Waals surface area contributed by atoms with E-state index in [1.165, 1.54) is 0 Å². The van der Waals surface area contributed by atoms with Gasteiger partial charge < -0.3 is 9.84 Å². The summed E-state index contributed by atoms with van der Waals surface area (Å²) in [7, 11) is 0. The van der Waals surface area contributed by atoms with Crippen molar-refractivity contribution in [2.24, 2.45) is 0 Å². The molecule has 2 aromatic heterocycles. The molecule has 3 rings (SSSR count). The molecule has 0 bridgehead atoms. The Balaban J connectivity index is 1.86. The Morgan fingerprint density at radius 2 is 2.10 bits per heavy atom. The maximum Gasteiger partial charge on any atom is 0.307 e. The first-order chi connectivity index (χ1) is 10.1. The van der Waals surface area contributed by atoms with Crippen LogP contribution in [-0.2, 0) is 11.2 Å². The predicted octanol–water partition coefficient (Wildman–Crippen LogP) is 2.46. The van der Waals surface area contributed by atoms with Gasteiger partial charge in [-0.15, -0.1) is 0 Å². The quantitative estimate of drug-likeness (QED) is 0.796. The molecule has 1 N–H and O–H groups in total. The predicted molar refractivity (Wildman–Crippen MR) is 75.6 cm³/mol. The fraction of sp³-hybridized carbons (Fsp3) is 0.133. The van der Waals surface area contributed by atoms with Gasteiger partial charge in [-0.05, 0) is 30.7 Å². The molecule has 0 radical (unpaired) electrons. The summed E-state index contributed by atoms with van der Waals surface area (Å²) < 4.78 is 7.45. The molecule has 0 spiro atoms. The van der Waals surface area contributed by atoms with Gasteiger partial charge in [-0.3, -0.25) is 4.79 Å². The average Bonchev–Trinajstić information content (AvgIpc) is 2.82. The van der Waals surface area contributed by atoms with E-state index in [4.69, 9.17) is 9.84 Å². The second-order valence-electron chi connectivity index (χ2n) is 4.66. The number of ether oxygens (including phenoxy) is 1. The molecule has 6 heteroatoms. The maximum absolute atomic E-state index is 10.6. The number of hydrogen-bond acceptors (Lipinski definition) is 4. The molecule has 0 amide bonds. The Bertz CT molecular complexity index is 794. The van der Waals surface area contributed by atoms with Gasteiger partial charge in [-0.2, -0.15) is 5.10 Å². The first kappa shape index (κ1) is 13.1. The highest BCUT2D eigenvalue weighted by atomic mass is 16.5. The number of carboxylic acid groups (broad SMARTS) is 1. The normalized spacial score (nSPS) is 10.7. The lowest BCUT2D eigenvalue weighted by Crippen LogP contribution is -1.99. The zero-order chi connectivity index (χ0) is 14.8. The van der Waals surface area contributed by atoms with Gasteiger partial charge in [0.25, 0.3) is 0 Å². The van der Waals surface area contributed by atoms with Gasteiger partial charge >= 0.3 is 5.97 Å². The van der Waals surface area contributed by atoms with Crippen LogP contribution < -0.4 is 4.74 Å². The van der Waals surface area contributed by atoms with Crippen molar-refractivity contribution in [3.63, 3.8) is 0 Å². The zero-order valence-electron chi connectivity index (χ0n) is 11.4. The van der Waals surface area contributed by atoms with E-state index in [-0.39, 0.29) is 6.42 Å². The van der Waals surface area contributed by atoms with Crippen molar-refractivity contribution in [2.75, 3.05) is 0 Å². The highest BCUT2D eigenvalue weighted by Crippen LogP contribution is 2.24. The van der Waals surface area contributed by atoms with E-state index < -0.39 is 5.97 Å². The largest absolute Gasteiger partial charge is 0.481 e. The smallest absolute Gasteiger partial charge is 0.307 e. The molecule has 0 atom stereocenters. The number of aromatic nitrogens is 3. The van der Waals surface area contributed by atoms with Crippen molar-refractivity contribution in [1.82, 2.24) is 14.6 Å². The molecule has 21 heavy (non-hydrogen) atoms. The Kier molecular flexibility index (Phi) is 3.27. The zero-order valence-corrected chi connectivity index (χ0v) is 11.4. The Morgan fingerprint density at radius 3 is 2.81 bits per heavy atom. The number of hydrogen-bond donors (Lipinski definition) is 1. The lowest BCUT2D eigenvalue weighted by atomic mass is 10.1. The fourth-order valence-corrected chi connectivity index (χ4v) is 2.06. The molecule has 0 fully saturated rings. The van der Waals surface area contributed by atoms with E-state index in [1.54, 1.807) is 41.2 Å². The van der Waals surface area contributed by atoms with Crippen molar-refractivity contribution >= 4 is 11.5 Å². The number of benzene rings is 1. The van der Waals surface area contributed by atoms with Crippen LogP contribution in [0.4, 0.5) is 0 Å². The van der Waals surface area contributed by atoms with Crippen LogP contribution in [0, 0.1) is 6.92 Å². The van der Waals surface area contributed by atoms with Crippen LogP contribution in [0.15, 0.2) is 42.7 Å². The molecule has 6 nitrogen and oxygen atoms in total. The van der Waals surface area contributed by atoms with Crippen molar-refractivity contribution < 1.29 is 14.6 Å². The van der Waals surface area contributed by atoms with Gasteiger partial charge in [0.15, 0.2) is 0 Å². The SMILES string of the molecule is Cc1cc2c(Oc3ccc(CC(=O)O)cc3)nccn2n1. The minimum atomic E-state index is -0.857. The Hall–Kier alpha value is -2.89. The summed E-state index contributed by atoms with van der Waals surface area (Å²) in [4.78, 5) is 14.9. The van der Waals surface area contributed by atoms with Crippen molar-refractivity contribution in [2.45, 2.75) is 13.3 Å². The third-order valence-electron chi connectivity index (χ3n) is 2.97. The van der Waals surface area contributed by atoms with Gasteiger partial charge in [0.05, 0.1) is 12.1 Å². The van der Waals surface area contributed by atoms with E-state index in [9.17, 15) is 4.79 Å². The summed E-state index contributed by atoms with van der Waals surface area (Å²) >= 11 is 0. The van der Waals surface area contributed by atoms with E-state index in [0.717, 1.165) is 16.8 Å². The minimum absolute atomic E-state index is 0.00404. The number of aliphatic carboxylic acids is 1. The Labute approximate surface area is 120 Å². The maximum atomic E-state index is 10.6. The second kappa shape index (κ2) is 5.24. The number of carboxylic acids is 1. The minimum Gasteiger partial charge on any atom is -0.481 e. The van der Waals surface area contributed by atoms with Gasteiger partial charge in [-0.1, -0.05) is 12.1 Å². The van der Waals surface area contributed by atoms with Gasteiger partial charge in [0.1, 0.15) is 11.3 Å². The molecule has 0 aliphatic rings. The van der Waals surface area contributed by atoms with Gasteiger partial charge in [-0.25, -0.2) is 9.50 Å². The first-order valence-electron chi connectivity index (χ1n) is 6.41. The van der Waals surface area contributed by atoms with E-state index in [1.807, 2.05) is 13.0 Å². The van der Waals surface area contributed by atoms with Crippen molar-refractivity contribution in [1.29, 1.82) is 0 Å². The van der Waals surface area contributed by atoms with Crippen LogP contribution in [0.5, 0.6) is 11.6 Å². The lowest BCUT2D eigenvalue weighted by molar-refractivity contribution is -0.136. The molecule has 106 valence electrons. The van der Waals surface area contributed by atoms with Crippen LogP contribution in [0.3, 0.4) is 0 Å². The summed E-state index contributed by atoms with van der Waals surface area (Å²) in [5.74, 6) is 0.206. The first-order valence-corrected chi connectivity index (χ1v) is 6.41. The molecule has 0 unspecified atom stereocenters. The van der Waals surface area contributed by atoms with E-state index >= 15 is 0 Å². The van der Waals surface area contributed by atoms with Crippen LogP contribution in [-0.4, -0.2) is 25.7 Å². The summed E-state index contributed by atoms with van der Waals surface area (Å²) in [6.45, 7) is 1.90. The molecule has 0 saturated heterocycles. The van der Waals surface area contributed by atoms with Crippen LogP contribution in [0.2, 0.25) is 0 Å². The number of carbonyl (C=O) groups is 1. The lowest BCUT2D eigenvalue weighted by Gasteiger charge is -2.06. The van der Waals surface area contributed by atoms with E-state index in [2.05, 4.69) is 10.1 Å². The Morgan fingerprint density at radius 1 is 1.33 bits per heavy atom. The number of nitrogens with zero attached hydrogens (tertiary/aromatic N) is 3. The van der Waals surface area contributed by atoms with Crippen molar-refractivity contribution in [3.8, 4) is 11.6 Å².